The van der Waals surface area contributed by atoms with Crippen LogP contribution in [-0.2, 0) is 9.59 Å². The number of aliphatic carboxylic acids is 1. The maximum Gasteiger partial charge on any atom is 0.307 e. The second kappa shape index (κ2) is 7.46. The third-order valence-electron chi connectivity index (χ3n) is 4.31. The van der Waals surface area contributed by atoms with Gasteiger partial charge < -0.3 is 10.4 Å². The molecule has 0 saturated heterocycles. The predicted octanol–water partition coefficient (Wildman–Crippen LogP) is 2.70. The Hall–Kier alpha value is -1.32. The quantitative estimate of drug-likeness (QED) is 0.736. The van der Waals surface area contributed by atoms with E-state index in [0.29, 0.717) is 37.1 Å². The molecule has 0 aromatic rings. The molecule has 0 fully saturated rings. The molecule has 4 heteroatoms. The molecule has 0 aliphatic heterocycles. The lowest BCUT2D eigenvalue weighted by atomic mass is 9.81. The summed E-state index contributed by atoms with van der Waals surface area (Å²) in [6.07, 6.45) is 4.74. The largest absolute Gasteiger partial charge is 0.481 e. The third kappa shape index (κ3) is 4.36. The van der Waals surface area contributed by atoms with E-state index in [-0.39, 0.29) is 5.91 Å². The number of carboxylic acids is 1. The van der Waals surface area contributed by atoms with Crippen LogP contribution in [0.4, 0.5) is 0 Å². The highest BCUT2D eigenvalue weighted by Gasteiger charge is 2.34. The van der Waals surface area contributed by atoms with Crippen LogP contribution in [0.2, 0.25) is 0 Å². The van der Waals surface area contributed by atoms with E-state index >= 15 is 0 Å². The Morgan fingerprint density at radius 3 is 2.05 bits per heavy atom. The van der Waals surface area contributed by atoms with E-state index in [1.54, 1.807) is 0 Å². The molecule has 2 atom stereocenters. The Morgan fingerprint density at radius 2 is 1.60 bits per heavy atom. The van der Waals surface area contributed by atoms with Crippen molar-refractivity contribution in [3.05, 3.63) is 12.2 Å². The van der Waals surface area contributed by atoms with Crippen LogP contribution in [0.5, 0.6) is 0 Å². The number of carbonyl (C=O) groups excluding carboxylic acids is 1. The van der Waals surface area contributed by atoms with Gasteiger partial charge in [0.15, 0.2) is 0 Å². The molecule has 20 heavy (non-hydrogen) atoms. The summed E-state index contributed by atoms with van der Waals surface area (Å²) in [5, 5.41) is 12.2. The first-order chi connectivity index (χ1) is 9.34. The highest BCUT2D eigenvalue weighted by molar-refractivity contribution is 5.85. The molecule has 1 aliphatic rings. The number of rotatable bonds is 6. The van der Waals surface area contributed by atoms with Gasteiger partial charge in [-0.3, -0.25) is 9.59 Å². The monoisotopic (exact) mass is 281 g/mol. The van der Waals surface area contributed by atoms with Crippen molar-refractivity contribution in [1.82, 2.24) is 5.32 Å². The molecule has 2 unspecified atom stereocenters. The van der Waals surface area contributed by atoms with E-state index in [4.69, 9.17) is 0 Å². The molecule has 0 spiro atoms. The Labute approximate surface area is 121 Å². The molecule has 0 aromatic carbocycles. The SMILES string of the molecule is CC(C)C(CNC(=O)C1CC=CCC1C(=O)O)C(C)C. The van der Waals surface area contributed by atoms with E-state index in [2.05, 4.69) is 33.0 Å². The van der Waals surface area contributed by atoms with Crippen molar-refractivity contribution in [2.24, 2.45) is 29.6 Å². The fourth-order valence-electron chi connectivity index (χ4n) is 2.97. The zero-order valence-corrected chi connectivity index (χ0v) is 12.9. The summed E-state index contributed by atoms with van der Waals surface area (Å²) < 4.78 is 0. The number of carboxylic acid groups (broad SMARTS) is 1. The number of hydrogen-bond donors (Lipinski definition) is 2. The fraction of sp³-hybridized carbons (Fsp3) is 0.750. The summed E-state index contributed by atoms with van der Waals surface area (Å²) in [5.41, 5.74) is 0. The molecule has 2 N–H and O–H groups in total. The Balaban J connectivity index is 2.61. The molecule has 1 amide bonds. The second-order valence-electron chi connectivity index (χ2n) is 6.39. The van der Waals surface area contributed by atoms with Crippen molar-refractivity contribution in [1.29, 1.82) is 0 Å². The maximum atomic E-state index is 12.3. The van der Waals surface area contributed by atoms with Gasteiger partial charge in [0.25, 0.3) is 0 Å². The lowest BCUT2D eigenvalue weighted by molar-refractivity contribution is -0.147. The van der Waals surface area contributed by atoms with Crippen LogP contribution in [0.25, 0.3) is 0 Å². The van der Waals surface area contributed by atoms with Gasteiger partial charge >= 0.3 is 5.97 Å². The van der Waals surface area contributed by atoms with Crippen LogP contribution in [0.1, 0.15) is 40.5 Å². The van der Waals surface area contributed by atoms with Gasteiger partial charge in [0.1, 0.15) is 0 Å². The van der Waals surface area contributed by atoms with E-state index in [1.165, 1.54) is 0 Å². The fourth-order valence-corrected chi connectivity index (χ4v) is 2.97. The van der Waals surface area contributed by atoms with Gasteiger partial charge in [0, 0.05) is 6.54 Å². The minimum Gasteiger partial charge on any atom is -0.481 e. The number of carbonyl (C=O) groups is 2. The summed E-state index contributed by atoms with van der Waals surface area (Å²) in [7, 11) is 0. The summed E-state index contributed by atoms with van der Waals surface area (Å²) in [5.74, 6) is -0.601. The lowest BCUT2D eigenvalue weighted by Crippen LogP contribution is -2.42. The molecular formula is C16H27NO3. The Morgan fingerprint density at radius 1 is 1.10 bits per heavy atom. The van der Waals surface area contributed by atoms with Crippen molar-refractivity contribution in [2.75, 3.05) is 6.54 Å². The highest BCUT2D eigenvalue weighted by atomic mass is 16.4. The molecule has 0 saturated carbocycles. The van der Waals surface area contributed by atoms with Crippen LogP contribution >= 0.6 is 0 Å². The van der Waals surface area contributed by atoms with Crippen LogP contribution in [0.15, 0.2) is 12.2 Å². The number of amides is 1. The van der Waals surface area contributed by atoms with Crippen molar-refractivity contribution < 1.29 is 14.7 Å². The zero-order chi connectivity index (χ0) is 15.3. The summed E-state index contributed by atoms with van der Waals surface area (Å²) in [6, 6.07) is 0. The zero-order valence-electron chi connectivity index (χ0n) is 12.9. The van der Waals surface area contributed by atoms with E-state index in [9.17, 15) is 14.7 Å². The lowest BCUT2D eigenvalue weighted by Gasteiger charge is -2.28. The van der Waals surface area contributed by atoms with Crippen molar-refractivity contribution >= 4 is 11.9 Å². The van der Waals surface area contributed by atoms with E-state index in [0.717, 1.165) is 0 Å². The van der Waals surface area contributed by atoms with Gasteiger partial charge in [-0.2, -0.15) is 0 Å². The molecule has 4 nitrogen and oxygen atoms in total. The van der Waals surface area contributed by atoms with E-state index in [1.807, 2.05) is 12.2 Å². The van der Waals surface area contributed by atoms with Crippen molar-refractivity contribution in [3.8, 4) is 0 Å². The average Bonchev–Trinajstić information content (AvgIpc) is 2.37. The van der Waals surface area contributed by atoms with Gasteiger partial charge in [0.05, 0.1) is 11.8 Å². The van der Waals surface area contributed by atoms with E-state index < -0.39 is 17.8 Å². The van der Waals surface area contributed by atoms with Crippen LogP contribution in [0, 0.1) is 29.6 Å². The normalized spacial score (nSPS) is 22.6. The summed E-state index contributed by atoms with van der Waals surface area (Å²) in [4.78, 5) is 23.5. The average molecular weight is 281 g/mol. The minimum atomic E-state index is -0.876. The first-order valence-corrected chi connectivity index (χ1v) is 7.50. The second-order valence-corrected chi connectivity index (χ2v) is 6.39. The third-order valence-corrected chi connectivity index (χ3v) is 4.31. The molecule has 1 aliphatic carbocycles. The van der Waals surface area contributed by atoms with Gasteiger partial charge in [-0.15, -0.1) is 0 Å². The topological polar surface area (TPSA) is 66.4 Å². The van der Waals surface area contributed by atoms with Crippen LogP contribution in [0.3, 0.4) is 0 Å². The van der Waals surface area contributed by atoms with Crippen LogP contribution in [-0.4, -0.2) is 23.5 Å². The van der Waals surface area contributed by atoms with Crippen molar-refractivity contribution in [2.45, 2.75) is 40.5 Å². The van der Waals surface area contributed by atoms with Gasteiger partial charge in [-0.1, -0.05) is 39.8 Å². The van der Waals surface area contributed by atoms with Crippen molar-refractivity contribution in [3.63, 3.8) is 0 Å². The number of hydrogen-bond acceptors (Lipinski definition) is 2. The Bertz CT molecular complexity index is 366. The molecule has 0 heterocycles. The Kier molecular flexibility index (Phi) is 6.24. The molecule has 0 radical (unpaired) electrons. The standard InChI is InChI=1S/C16H27NO3/c1-10(2)14(11(3)4)9-17-15(18)12-7-5-6-8-13(12)16(19)20/h5-6,10-14H,7-9H2,1-4H3,(H,17,18)(H,19,20). The summed E-state index contributed by atoms with van der Waals surface area (Å²) in [6.45, 7) is 9.24. The molecular weight excluding hydrogens is 254 g/mol. The van der Waals surface area contributed by atoms with Gasteiger partial charge in [0.2, 0.25) is 5.91 Å². The van der Waals surface area contributed by atoms with Gasteiger partial charge in [-0.05, 0) is 30.6 Å². The molecule has 0 bridgehead atoms. The smallest absolute Gasteiger partial charge is 0.307 e. The molecule has 114 valence electrons. The minimum absolute atomic E-state index is 0.118. The van der Waals surface area contributed by atoms with Gasteiger partial charge in [-0.25, -0.2) is 0 Å². The number of nitrogens with one attached hydrogen (secondary N) is 1. The first kappa shape index (κ1) is 16.7. The van der Waals surface area contributed by atoms with Crippen LogP contribution < -0.4 is 5.32 Å². The molecule has 1 rings (SSSR count). The predicted molar refractivity (Wildman–Crippen MR) is 79.2 cm³/mol. The first-order valence-electron chi connectivity index (χ1n) is 7.50. The molecule has 0 aromatic heterocycles. The summed E-state index contributed by atoms with van der Waals surface area (Å²) >= 11 is 0. The highest BCUT2D eigenvalue weighted by Crippen LogP contribution is 2.26. The maximum absolute atomic E-state index is 12.3. The number of allylic oxidation sites excluding steroid dienone is 2.